The fraction of sp³-hybridized carbons (Fsp3) is 0.231. The van der Waals surface area contributed by atoms with Crippen LogP contribution in [-0.2, 0) is 4.79 Å². The van der Waals surface area contributed by atoms with E-state index in [0.717, 1.165) is 23.3 Å². The molecular weight excluding hydrogens is 450 g/mol. The number of pyridine rings is 1. The Bertz CT molecular complexity index is 1370. The number of aryl methyl sites for hydroxylation is 1. The van der Waals surface area contributed by atoms with Crippen molar-refractivity contribution in [3.63, 3.8) is 0 Å². The largest absolute Gasteiger partial charge is 0.483 e. The molecule has 1 N–H and O–H groups in total. The average molecular weight is 474 g/mol. The summed E-state index contributed by atoms with van der Waals surface area (Å²) in [5.41, 5.74) is 1.57. The second-order valence-corrected chi connectivity index (χ2v) is 8.91. The summed E-state index contributed by atoms with van der Waals surface area (Å²) in [6.45, 7) is 1.56. The lowest BCUT2D eigenvalue weighted by Gasteiger charge is -2.14. The minimum Gasteiger partial charge on any atom is -0.483 e. The molecule has 1 heterocycles. The van der Waals surface area contributed by atoms with E-state index in [-0.39, 0.29) is 52.3 Å². The maximum Gasteiger partial charge on any atom is 0.268 e. The molecule has 1 saturated carbocycles. The molecule has 1 fully saturated rings. The Hall–Kier alpha value is -3.83. The van der Waals surface area contributed by atoms with Crippen LogP contribution in [0.5, 0.6) is 5.75 Å². The van der Waals surface area contributed by atoms with Crippen LogP contribution in [0.25, 0.3) is 0 Å². The number of ketones is 1. The van der Waals surface area contributed by atoms with Gasteiger partial charge in [0.1, 0.15) is 17.4 Å². The van der Waals surface area contributed by atoms with Gasteiger partial charge >= 0.3 is 0 Å². The van der Waals surface area contributed by atoms with Crippen LogP contribution >= 0.6 is 11.8 Å². The number of ether oxygens (including phenoxy) is 1. The highest BCUT2D eigenvalue weighted by atomic mass is 32.2. The number of nitriles is 1. The van der Waals surface area contributed by atoms with Gasteiger partial charge in [-0.05, 0) is 56.4 Å². The van der Waals surface area contributed by atoms with Gasteiger partial charge in [0, 0.05) is 22.7 Å². The number of aromatic nitrogens is 1. The maximum absolute atomic E-state index is 13.4. The van der Waals surface area contributed by atoms with Gasteiger partial charge in [0.25, 0.3) is 11.5 Å². The molecule has 0 saturated heterocycles. The average Bonchev–Trinajstić information content (AvgIpc) is 3.68. The SMILES string of the molecule is CSc1ccccc1NC(=O)COc1ccc(C)cc1C(=O)c1cc(C#N)c(=O)n(C2CC2)c1. The van der Waals surface area contributed by atoms with E-state index < -0.39 is 0 Å². The Labute approximate surface area is 201 Å². The summed E-state index contributed by atoms with van der Waals surface area (Å²) in [6, 6.07) is 15.8. The first-order chi connectivity index (χ1) is 16.4. The molecule has 0 atom stereocenters. The fourth-order valence-corrected chi connectivity index (χ4v) is 4.16. The summed E-state index contributed by atoms with van der Waals surface area (Å²) in [7, 11) is 0. The molecule has 1 aliphatic rings. The van der Waals surface area contributed by atoms with Crippen molar-refractivity contribution in [1.82, 2.24) is 4.57 Å². The normalized spacial score (nSPS) is 12.6. The number of hydrogen-bond acceptors (Lipinski definition) is 6. The van der Waals surface area contributed by atoms with E-state index in [1.807, 2.05) is 43.5 Å². The second-order valence-electron chi connectivity index (χ2n) is 8.06. The summed E-state index contributed by atoms with van der Waals surface area (Å²) in [5.74, 6) is -0.473. The number of carbonyl (C=O) groups excluding carboxylic acids is 2. The quantitative estimate of drug-likeness (QED) is 0.386. The van der Waals surface area contributed by atoms with Crippen LogP contribution < -0.4 is 15.6 Å². The first kappa shape index (κ1) is 23.3. The number of nitrogens with zero attached hydrogens (tertiary/aromatic N) is 2. The first-order valence-electron chi connectivity index (χ1n) is 10.8. The molecule has 1 aliphatic carbocycles. The smallest absolute Gasteiger partial charge is 0.268 e. The molecule has 8 heteroatoms. The fourth-order valence-electron chi connectivity index (χ4n) is 3.61. The number of carbonyl (C=O) groups is 2. The Kier molecular flexibility index (Phi) is 6.85. The van der Waals surface area contributed by atoms with Gasteiger partial charge in [-0.1, -0.05) is 23.8 Å². The zero-order chi connectivity index (χ0) is 24.2. The van der Waals surface area contributed by atoms with E-state index in [1.54, 1.807) is 18.2 Å². The van der Waals surface area contributed by atoms with Gasteiger partial charge in [0.05, 0.1) is 11.3 Å². The van der Waals surface area contributed by atoms with Crippen molar-refractivity contribution in [2.75, 3.05) is 18.2 Å². The van der Waals surface area contributed by atoms with Gasteiger partial charge in [-0.3, -0.25) is 14.4 Å². The summed E-state index contributed by atoms with van der Waals surface area (Å²) >= 11 is 1.52. The van der Waals surface area contributed by atoms with Gasteiger partial charge in [-0.25, -0.2) is 0 Å². The van der Waals surface area contributed by atoms with Crippen molar-refractivity contribution < 1.29 is 14.3 Å². The van der Waals surface area contributed by atoms with E-state index in [1.165, 1.54) is 28.6 Å². The van der Waals surface area contributed by atoms with E-state index >= 15 is 0 Å². The summed E-state index contributed by atoms with van der Waals surface area (Å²) in [4.78, 5) is 39.3. The molecule has 0 spiro atoms. The van der Waals surface area contributed by atoms with Crippen LogP contribution in [-0.4, -0.2) is 29.1 Å². The lowest BCUT2D eigenvalue weighted by atomic mass is 10.0. The zero-order valence-electron chi connectivity index (χ0n) is 18.8. The number of amides is 1. The van der Waals surface area contributed by atoms with Crippen LogP contribution in [0.15, 0.2) is 64.4 Å². The Balaban J connectivity index is 1.57. The first-order valence-corrected chi connectivity index (χ1v) is 12.0. The van der Waals surface area contributed by atoms with E-state index in [0.29, 0.717) is 5.69 Å². The van der Waals surface area contributed by atoms with E-state index in [2.05, 4.69) is 5.32 Å². The Morgan fingerprint density at radius 2 is 1.97 bits per heavy atom. The standard InChI is InChI=1S/C26H23N3O4S/c1-16-7-10-22(33-15-24(30)28-21-5-3-4-6-23(21)34-2)20(11-16)25(31)18-12-17(13-27)26(32)29(14-18)19-8-9-19/h3-7,10-12,14,19H,8-9,15H2,1-2H3,(H,28,30). The molecule has 0 bridgehead atoms. The summed E-state index contributed by atoms with van der Waals surface area (Å²) < 4.78 is 7.21. The van der Waals surface area contributed by atoms with Gasteiger partial charge in [0.15, 0.2) is 12.4 Å². The molecule has 2 aromatic carbocycles. The third-order valence-corrected chi connectivity index (χ3v) is 6.28. The molecular formula is C26H23N3O4S. The van der Waals surface area contributed by atoms with Crippen molar-refractivity contribution in [1.29, 1.82) is 5.26 Å². The second kappa shape index (κ2) is 9.98. The Morgan fingerprint density at radius 3 is 2.68 bits per heavy atom. The number of anilines is 1. The van der Waals surface area contributed by atoms with E-state index in [9.17, 15) is 19.6 Å². The number of rotatable bonds is 8. The topological polar surface area (TPSA) is 101 Å². The van der Waals surface area contributed by atoms with Crippen LogP contribution in [0, 0.1) is 18.3 Å². The maximum atomic E-state index is 13.4. The highest BCUT2D eigenvalue weighted by Crippen LogP contribution is 2.34. The Morgan fingerprint density at radius 1 is 1.21 bits per heavy atom. The third kappa shape index (κ3) is 5.05. The molecule has 0 aliphatic heterocycles. The highest BCUT2D eigenvalue weighted by molar-refractivity contribution is 7.98. The molecule has 4 rings (SSSR count). The third-order valence-electron chi connectivity index (χ3n) is 5.49. The van der Waals surface area contributed by atoms with Gasteiger partial charge in [-0.15, -0.1) is 11.8 Å². The lowest BCUT2D eigenvalue weighted by molar-refractivity contribution is -0.118. The summed E-state index contributed by atoms with van der Waals surface area (Å²) in [6.07, 6.45) is 5.13. The molecule has 1 aromatic heterocycles. The molecule has 3 aromatic rings. The van der Waals surface area contributed by atoms with Crippen LogP contribution in [0.1, 0.15) is 45.9 Å². The minimum atomic E-state index is -0.385. The molecule has 172 valence electrons. The number of para-hydroxylation sites is 1. The molecule has 1 amide bonds. The van der Waals surface area contributed by atoms with Crippen molar-refractivity contribution in [3.05, 3.63) is 87.3 Å². The summed E-state index contributed by atoms with van der Waals surface area (Å²) in [5, 5.41) is 12.2. The monoisotopic (exact) mass is 473 g/mol. The minimum absolute atomic E-state index is 0.0217. The van der Waals surface area contributed by atoms with Crippen molar-refractivity contribution >= 4 is 29.1 Å². The molecule has 0 unspecified atom stereocenters. The van der Waals surface area contributed by atoms with Gasteiger partial charge in [-0.2, -0.15) is 5.26 Å². The van der Waals surface area contributed by atoms with Crippen molar-refractivity contribution in [2.24, 2.45) is 0 Å². The van der Waals surface area contributed by atoms with Crippen LogP contribution in [0.3, 0.4) is 0 Å². The number of thioether (sulfide) groups is 1. The van der Waals surface area contributed by atoms with Gasteiger partial charge < -0.3 is 14.6 Å². The molecule has 0 radical (unpaired) electrons. The van der Waals surface area contributed by atoms with Crippen LogP contribution in [0.2, 0.25) is 0 Å². The van der Waals surface area contributed by atoms with Crippen LogP contribution in [0.4, 0.5) is 5.69 Å². The number of benzene rings is 2. The van der Waals surface area contributed by atoms with Crippen molar-refractivity contribution in [3.8, 4) is 11.8 Å². The van der Waals surface area contributed by atoms with Crippen molar-refractivity contribution in [2.45, 2.75) is 30.7 Å². The zero-order valence-corrected chi connectivity index (χ0v) is 19.6. The number of nitrogens with one attached hydrogen (secondary N) is 1. The van der Waals surface area contributed by atoms with E-state index in [4.69, 9.17) is 4.74 Å². The molecule has 34 heavy (non-hydrogen) atoms. The highest BCUT2D eigenvalue weighted by Gasteiger charge is 2.27. The predicted octanol–water partition coefficient (Wildman–Crippen LogP) is 4.33. The predicted molar refractivity (Wildman–Crippen MR) is 131 cm³/mol. The lowest BCUT2D eigenvalue weighted by Crippen LogP contribution is -2.24. The molecule has 7 nitrogen and oxygen atoms in total. The van der Waals surface area contributed by atoms with Gasteiger partial charge in [0.2, 0.25) is 0 Å². The number of hydrogen-bond donors (Lipinski definition) is 1.